The molecular weight excluding hydrogens is 230 g/mol. The van der Waals surface area contributed by atoms with E-state index in [4.69, 9.17) is 5.11 Å². The molecule has 0 aromatic carbocycles. The van der Waals surface area contributed by atoms with E-state index in [2.05, 4.69) is 6.58 Å². The molecule has 1 amide bonds. The highest BCUT2D eigenvalue weighted by atomic mass is 16.4. The predicted octanol–water partition coefficient (Wildman–Crippen LogP) is 2.59. The zero-order valence-electron chi connectivity index (χ0n) is 10.9. The van der Waals surface area contributed by atoms with Crippen LogP contribution in [0.3, 0.4) is 0 Å². The number of amides is 1. The number of hydrogen-bond donors (Lipinski definition) is 1. The Bertz CT molecular complexity index is 301. The molecular formula is C14H23NO3. The van der Waals surface area contributed by atoms with Crippen molar-refractivity contribution in [3.8, 4) is 0 Å². The number of hydrogen-bond acceptors (Lipinski definition) is 2. The molecule has 0 radical (unpaired) electrons. The third-order valence-corrected chi connectivity index (χ3v) is 3.44. The Kier molecular flexibility index (Phi) is 6.47. The van der Waals surface area contributed by atoms with Crippen molar-refractivity contribution in [3.63, 3.8) is 0 Å². The molecule has 4 heteroatoms. The van der Waals surface area contributed by atoms with Crippen LogP contribution in [0, 0.1) is 0 Å². The zero-order valence-corrected chi connectivity index (χ0v) is 10.9. The summed E-state index contributed by atoms with van der Waals surface area (Å²) in [5.41, 5.74) is 0. The first-order chi connectivity index (χ1) is 8.65. The highest BCUT2D eigenvalue weighted by molar-refractivity contribution is 5.76. The lowest BCUT2D eigenvalue weighted by Crippen LogP contribution is -2.43. The molecule has 18 heavy (non-hydrogen) atoms. The summed E-state index contributed by atoms with van der Waals surface area (Å²) in [5.74, 6) is -0.605. The van der Waals surface area contributed by atoms with E-state index in [1.54, 1.807) is 0 Å². The van der Waals surface area contributed by atoms with E-state index in [0.717, 1.165) is 38.6 Å². The van der Waals surface area contributed by atoms with Gasteiger partial charge in [0.15, 0.2) is 0 Å². The number of likely N-dealkylation sites (tertiary alicyclic amines) is 1. The molecule has 4 nitrogen and oxygen atoms in total. The highest BCUT2D eigenvalue weighted by Crippen LogP contribution is 2.22. The second-order valence-electron chi connectivity index (χ2n) is 4.85. The average Bonchev–Trinajstić information content (AvgIpc) is 2.37. The van der Waals surface area contributed by atoms with E-state index in [1.165, 1.54) is 0 Å². The number of carbonyl (C=O) groups excluding carboxylic acids is 1. The molecule has 102 valence electrons. The molecule has 0 aromatic rings. The van der Waals surface area contributed by atoms with Crippen molar-refractivity contribution in [3.05, 3.63) is 12.7 Å². The van der Waals surface area contributed by atoms with Crippen molar-refractivity contribution in [2.24, 2.45) is 0 Å². The highest BCUT2D eigenvalue weighted by Gasteiger charge is 2.26. The van der Waals surface area contributed by atoms with E-state index in [9.17, 15) is 9.59 Å². The van der Waals surface area contributed by atoms with Crippen LogP contribution in [0.15, 0.2) is 12.7 Å². The first-order valence-electron chi connectivity index (χ1n) is 6.77. The number of carbonyl (C=O) groups is 2. The SMILES string of the molecule is C=CCCCC(=O)N1CCCCC1CCC(=O)O. The predicted molar refractivity (Wildman–Crippen MR) is 70.3 cm³/mol. The van der Waals surface area contributed by atoms with Crippen LogP contribution in [0.5, 0.6) is 0 Å². The molecule has 1 N–H and O–H groups in total. The van der Waals surface area contributed by atoms with Crippen LogP contribution in [0.2, 0.25) is 0 Å². The quantitative estimate of drug-likeness (QED) is 0.560. The lowest BCUT2D eigenvalue weighted by molar-refractivity contribution is -0.140. The number of nitrogens with zero attached hydrogens (tertiary/aromatic N) is 1. The fraction of sp³-hybridized carbons (Fsp3) is 0.714. The van der Waals surface area contributed by atoms with Gasteiger partial charge in [-0.1, -0.05) is 6.08 Å². The zero-order chi connectivity index (χ0) is 13.4. The van der Waals surface area contributed by atoms with Gasteiger partial charge in [-0.3, -0.25) is 9.59 Å². The number of rotatable bonds is 7. The second kappa shape index (κ2) is 7.90. The Morgan fingerprint density at radius 3 is 2.78 bits per heavy atom. The fourth-order valence-corrected chi connectivity index (χ4v) is 2.46. The van der Waals surface area contributed by atoms with Crippen LogP contribution in [-0.2, 0) is 9.59 Å². The first kappa shape index (κ1) is 14.7. The summed E-state index contributed by atoms with van der Waals surface area (Å²) >= 11 is 0. The Balaban J connectivity index is 2.44. The molecule has 1 heterocycles. The van der Waals surface area contributed by atoms with Crippen LogP contribution in [0.1, 0.15) is 51.4 Å². The van der Waals surface area contributed by atoms with E-state index < -0.39 is 5.97 Å². The van der Waals surface area contributed by atoms with Gasteiger partial charge >= 0.3 is 5.97 Å². The van der Waals surface area contributed by atoms with Gasteiger partial charge in [0.25, 0.3) is 0 Å². The number of aliphatic carboxylic acids is 1. The molecule has 1 saturated heterocycles. The fourth-order valence-electron chi connectivity index (χ4n) is 2.46. The Morgan fingerprint density at radius 1 is 1.33 bits per heavy atom. The maximum absolute atomic E-state index is 12.1. The van der Waals surface area contributed by atoms with Crippen molar-refractivity contribution < 1.29 is 14.7 Å². The van der Waals surface area contributed by atoms with Gasteiger partial charge in [0.2, 0.25) is 5.91 Å². The minimum atomic E-state index is -0.778. The number of piperidine rings is 1. The van der Waals surface area contributed by atoms with E-state index in [-0.39, 0.29) is 18.4 Å². The van der Waals surface area contributed by atoms with Crippen molar-refractivity contribution in [1.82, 2.24) is 4.90 Å². The summed E-state index contributed by atoms with van der Waals surface area (Å²) in [6, 6.07) is 0.131. The minimum Gasteiger partial charge on any atom is -0.481 e. The lowest BCUT2D eigenvalue weighted by Gasteiger charge is -2.35. The van der Waals surface area contributed by atoms with Gasteiger partial charge in [0.05, 0.1) is 0 Å². The molecule has 0 saturated carbocycles. The maximum atomic E-state index is 12.1. The number of carboxylic acid groups (broad SMARTS) is 1. The van der Waals surface area contributed by atoms with Crippen molar-refractivity contribution in [2.45, 2.75) is 57.4 Å². The Hall–Kier alpha value is -1.32. The van der Waals surface area contributed by atoms with Crippen molar-refractivity contribution in [1.29, 1.82) is 0 Å². The lowest BCUT2D eigenvalue weighted by atomic mass is 9.97. The summed E-state index contributed by atoms with van der Waals surface area (Å²) in [7, 11) is 0. The molecule has 1 atom stereocenters. The number of carboxylic acids is 1. The van der Waals surface area contributed by atoms with Crippen LogP contribution < -0.4 is 0 Å². The smallest absolute Gasteiger partial charge is 0.303 e. The topological polar surface area (TPSA) is 57.6 Å². The largest absolute Gasteiger partial charge is 0.481 e. The molecule has 0 spiro atoms. The van der Waals surface area contributed by atoms with E-state index in [0.29, 0.717) is 12.8 Å². The number of unbranched alkanes of at least 4 members (excludes halogenated alkanes) is 1. The minimum absolute atomic E-state index is 0.131. The van der Waals surface area contributed by atoms with Gasteiger partial charge in [0.1, 0.15) is 0 Å². The summed E-state index contributed by atoms with van der Waals surface area (Å²) < 4.78 is 0. The first-order valence-corrected chi connectivity index (χ1v) is 6.77. The normalized spacial score (nSPS) is 19.6. The Labute approximate surface area is 109 Å². The molecule has 0 bridgehead atoms. The van der Waals surface area contributed by atoms with Gasteiger partial charge in [-0.05, 0) is 38.5 Å². The standard InChI is InChI=1S/C14H23NO3/c1-2-3-4-8-13(16)15-11-6-5-7-12(15)9-10-14(17)18/h2,12H,1,3-11H2,(H,17,18). The summed E-state index contributed by atoms with van der Waals surface area (Å²) in [6.45, 7) is 4.43. The molecule has 0 aromatic heterocycles. The molecule has 1 unspecified atom stereocenters. The molecule has 1 aliphatic heterocycles. The maximum Gasteiger partial charge on any atom is 0.303 e. The Morgan fingerprint density at radius 2 is 2.11 bits per heavy atom. The van der Waals surface area contributed by atoms with Crippen molar-refractivity contribution in [2.75, 3.05) is 6.54 Å². The van der Waals surface area contributed by atoms with E-state index in [1.807, 2.05) is 11.0 Å². The monoisotopic (exact) mass is 253 g/mol. The van der Waals surface area contributed by atoms with Gasteiger partial charge < -0.3 is 10.0 Å². The third-order valence-electron chi connectivity index (χ3n) is 3.44. The van der Waals surface area contributed by atoms with Crippen LogP contribution in [0.4, 0.5) is 0 Å². The van der Waals surface area contributed by atoms with Crippen LogP contribution in [-0.4, -0.2) is 34.5 Å². The van der Waals surface area contributed by atoms with E-state index >= 15 is 0 Å². The number of allylic oxidation sites excluding steroid dienone is 1. The second-order valence-corrected chi connectivity index (χ2v) is 4.85. The molecule has 1 fully saturated rings. The average molecular weight is 253 g/mol. The summed E-state index contributed by atoms with van der Waals surface area (Å²) in [4.78, 5) is 24.6. The summed E-state index contributed by atoms with van der Waals surface area (Å²) in [6.07, 6.45) is 7.90. The summed E-state index contributed by atoms with van der Waals surface area (Å²) in [5, 5.41) is 8.73. The van der Waals surface area contributed by atoms with Crippen LogP contribution in [0.25, 0.3) is 0 Å². The molecule has 0 aliphatic carbocycles. The van der Waals surface area contributed by atoms with Gasteiger partial charge in [0, 0.05) is 25.4 Å². The van der Waals surface area contributed by atoms with Crippen LogP contribution >= 0.6 is 0 Å². The molecule has 1 aliphatic rings. The van der Waals surface area contributed by atoms with Gasteiger partial charge in [-0.15, -0.1) is 6.58 Å². The molecule has 1 rings (SSSR count). The van der Waals surface area contributed by atoms with Crippen molar-refractivity contribution >= 4 is 11.9 Å². The van der Waals surface area contributed by atoms with Gasteiger partial charge in [-0.2, -0.15) is 0 Å². The van der Waals surface area contributed by atoms with Gasteiger partial charge in [-0.25, -0.2) is 0 Å². The third kappa shape index (κ3) is 4.90.